The van der Waals surface area contributed by atoms with E-state index >= 15 is 0 Å². The zero-order valence-electron chi connectivity index (χ0n) is 7.44. The largest absolute Gasteiger partial charge is 0.450 e. The van der Waals surface area contributed by atoms with Crippen LogP contribution in [0, 0.1) is 0 Å². The van der Waals surface area contributed by atoms with Crippen molar-refractivity contribution in [1.29, 1.82) is 0 Å². The van der Waals surface area contributed by atoms with Gasteiger partial charge in [0, 0.05) is 11.9 Å². The summed E-state index contributed by atoms with van der Waals surface area (Å²) in [5.41, 5.74) is 0. The molecule has 0 aliphatic heterocycles. The topological polar surface area (TPSA) is 38.3 Å². The van der Waals surface area contributed by atoms with Crippen molar-refractivity contribution in [1.82, 2.24) is 5.32 Å². The molecule has 0 radical (unpaired) electrons. The van der Waals surface area contributed by atoms with Gasteiger partial charge in [0.25, 0.3) is 0 Å². The highest BCUT2D eigenvalue weighted by Gasteiger charge is 1.98. The molecule has 0 aromatic heterocycles. The fourth-order valence-corrected chi connectivity index (χ4v) is 0.867. The van der Waals surface area contributed by atoms with E-state index in [0.717, 1.165) is 24.6 Å². The quantitative estimate of drug-likeness (QED) is 0.569. The summed E-state index contributed by atoms with van der Waals surface area (Å²) >= 11 is 3.25. The third-order valence-corrected chi connectivity index (χ3v) is 1.87. The Hall–Kier alpha value is -0.250. The van der Waals surface area contributed by atoms with Crippen LogP contribution in [0.25, 0.3) is 0 Å². The maximum atomic E-state index is 10.8. The van der Waals surface area contributed by atoms with Gasteiger partial charge in [0.05, 0.1) is 6.61 Å². The maximum Gasteiger partial charge on any atom is 0.407 e. The Morgan fingerprint density at radius 3 is 2.83 bits per heavy atom. The van der Waals surface area contributed by atoms with Crippen LogP contribution >= 0.6 is 15.9 Å². The van der Waals surface area contributed by atoms with Crippen LogP contribution < -0.4 is 5.32 Å². The Morgan fingerprint density at radius 2 is 2.25 bits per heavy atom. The van der Waals surface area contributed by atoms with Crippen LogP contribution in [-0.2, 0) is 4.74 Å². The molecule has 1 amide bonds. The first kappa shape index (κ1) is 11.8. The van der Waals surface area contributed by atoms with Crippen LogP contribution in [0.3, 0.4) is 0 Å². The lowest BCUT2D eigenvalue weighted by atomic mass is 10.3. The van der Waals surface area contributed by atoms with Crippen molar-refractivity contribution in [2.45, 2.75) is 26.2 Å². The van der Waals surface area contributed by atoms with E-state index in [1.54, 1.807) is 0 Å². The summed E-state index contributed by atoms with van der Waals surface area (Å²) in [7, 11) is 0. The number of halogens is 1. The first-order valence-electron chi connectivity index (χ1n) is 4.27. The number of hydrogen-bond donors (Lipinski definition) is 1. The first-order valence-corrected chi connectivity index (χ1v) is 5.40. The minimum atomic E-state index is -0.301. The zero-order valence-corrected chi connectivity index (χ0v) is 9.02. The van der Waals surface area contributed by atoms with E-state index in [-0.39, 0.29) is 6.09 Å². The monoisotopic (exact) mass is 237 g/mol. The molecule has 0 bridgehead atoms. The summed E-state index contributed by atoms with van der Waals surface area (Å²) in [5, 5.41) is 3.54. The van der Waals surface area contributed by atoms with E-state index in [1.807, 2.05) is 0 Å². The average Bonchev–Trinajstić information content (AvgIpc) is 2.06. The number of hydrogen-bond acceptors (Lipinski definition) is 2. The number of alkyl carbamates (subject to hydrolysis) is 1. The lowest BCUT2D eigenvalue weighted by molar-refractivity contribution is 0.146. The van der Waals surface area contributed by atoms with E-state index in [0.29, 0.717) is 13.2 Å². The van der Waals surface area contributed by atoms with Gasteiger partial charge in [-0.3, -0.25) is 0 Å². The Bertz CT molecular complexity index is 108. The Balaban J connectivity index is 3.10. The minimum Gasteiger partial charge on any atom is -0.450 e. The normalized spacial score (nSPS) is 9.50. The molecule has 0 rings (SSSR count). The van der Waals surface area contributed by atoms with Crippen LogP contribution in [0.2, 0.25) is 0 Å². The summed E-state index contributed by atoms with van der Waals surface area (Å²) in [6.45, 7) is 3.28. The highest BCUT2D eigenvalue weighted by molar-refractivity contribution is 9.09. The first-order chi connectivity index (χ1) is 5.81. The van der Waals surface area contributed by atoms with Crippen molar-refractivity contribution in [3.63, 3.8) is 0 Å². The molecule has 12 heavy (non-hydrogen) atoms. The molecule has 0 saturated heterocycles. The number of nitrogens with one attached hydrogen (secondary N) is 1. The SMILES string of the molecule is CCCCNC(=O)OCCCBr. The van der Waals surface area contributed by atoms with Crippen molar-refractivity contribution in [2.75, 3.05) is 18.5 Å². The number of alkyl halides is 1. The second-order valence-electron chi connectivity index (χ2n) is 2.46. The van der Waals surface area contributed by atoms with Gasteiger partial charge in [0.15, 0.2) is 0 Å². The second kappa shape index (κ2) is 8.84. The fourth-order valence-electron chi connectivity index (χ4n) is 0.638. The molecule has 0 unspecified atom stereocenters. The van der Waals surface area contributed by atoms with Gasteiger partial charge in [-0.2, -0.15) is 0 Å². The van der Waals surface area contributed by atoms with Gasteiger partial charge in [-0.05, 0) is 12.8 Å². The predicted molar refractivity (Wildman–Crippen MR) is 52.7 cm³/mol. The average molecular weight is 238 g/mol. The molecule has 0 spiro atoms. The molecule has 3 nitrogen and oxygen atoms in total. The van der Waals surface area contributed by atoms with Gasteiger partial charge in [-0.15, -0.1) is 0 Å². The molecule has 4 heteroatoms. The standard InChI is InChI=1S/C8H16BrNO2/c1-2-3-6-10-8(11)12-7-4-5-9/h2-7H2,1H3,(H,10,11). The fraction of sp³-hybridized carbons (Fsp3) is 0.875. The summed E-state index contributed by atoms with van der Waals surface area (Å²) in [6.07, 6.45) is 2.65. The molecule has 72 valence electrons. The summed E-state index contributed by atoms with van der Waals surface area (Å²) in [6, 6.07) is 0. The van der Waals surface area contributed by atoms with E-state index in [4.69, 9.17) is 4.74 Å². The molecule has 0 fully saturated rings. The Kier molecular flexibility index (Phi) is 8.66. The molecular weight excluding hydrogens is 222 g/mol. The van der Waals surface area contributed by atoms with Crippen LogP contribution in [0.5, 0.6) is 0 Å². The van der Waals surface area contributed by atoms with Crippen molar-refractivity contribution >= 4 is 22.0 Å². The number of rotatable bonds is 6. The molecular formula is C8H16BrNO2. The Labute approximate surface area is 82.0 Å². The van der Waals surface area contributed by atoms with Gasteiger partial charge in [0.2, 0.25) is 0 Å². The van der Waals surface area contributed by atoms with Crippen LogP contribution in [0.1, 0.15) is 26.2 Å². The third-order valence-electron chi connectivity index (χ3n) is 1.31. The van der Waals surface area contributed by atoms with Gasteiger partial charge in [0.1, 0.15) is 0 Å². The number of unbranched alkanes of at least 4 members (excludes halogenated alkanes) is 1. The Morgan fingerprint density at radius 1 is 1.50 bits per heavy atom. The van der Waals surface area contributed by atoms with Gasteiger partial charge in [-0.25, -0.2) is 4.79 Å². The van der Waals surface area contributed by atoms with Crippen molar-refractivity contribution < 1.29 is 9.53 Å². The lowest BCUT2D eigenvalue weighted by Crippen LogP contribution is -2.25. The summed E-state index contributed by atoms with van der Waals surface area (Å²) in [4.78, 5) is 10.8. The van der Waals surface area contributed by atoms with Crippen molar-refractivity contribution in [2.24, 2.45) is 0 Å². The van der Waals surface area contributed by atoms with E-state index in [9.17, 15) is 4.79 Å². The molecule has 0 aromatic carbocycles. The number of amides is 1. The van der Waals surface area contributed by atoms with Gasteiger partial charge >= 0.3 is 6.09 Å². The van der Waals surface area contributed by atoms with Crippen LogP contribution in [-0.4, -0.2) is 24.6 Å². The predicted octanol–water partition coefficient (Wildman–Crippen LogP) is 2.30. The molecule has 0 atom stereocenters. The molecule has 1 N–H and O–H groups in total. The van der Waals surface area contributed by atoms with Crippen LogP contribution in [0.4, 0.5) is 4.79 Å². The molecule has 0 heterocycles. The highest BCUT2D eigenvalue weighted by atomic mass is 79.9. The summed E-state index contributed by atoms with van der Waals surface area (Å²) in [5.74, 6) is 0. The molecule has 0 aromatic rings. The molecule has 0 saturated carbocycles. The molecule has 0 aliphatic carbocycles. The highest BCUT2D eigenvalue weighted by Crippen LogP contribution is 1.89. The smallest absolute Gasteiger partial charge is 0.407 e. The summed E-state index contributed by atoms with van der Waals surface area (Å²) < 4.78 is 4.85. The van der Waals surface area contributed by atoms with Gasteiger partial charge < -0.3 is 10.1 Å². The van der Waals surface area contributed by atoms with Crippen LogP contribution in [0.15, 0.2) is 0 Å². The van der Waals surface area contributed by atoms with E-state index in [2.05, 4.69) is 28.2 Å². The third kappa shape index (κ3) is 7.85. The van der Waals surface area contributed by atoms with Gasteiger partial charge in [-0.1, -0.05) is 29.3 Å². The zero-order chi connectivity index (χ0) is 9.23. The number of carbonyl (C=O) groups excluding carboxylic acids is 1. The lowest BCUT2D eigenvalue weighted by Gasteiger charge is -2.04. The number of carbonyl (C=O) groups is 1. The second-order valence-corrected chi connectivity index (χ2v) is 3.25. The number of ether oxygens (including phenoxy) is 1. The minimum absolute atomic E-state index is 0.301. The molecule has 0 aliphatic rings. The van der Waals surface area contributed by atoms with Crippen molar-refractivity contribution in [3.8, 4) is 0 Å². The van der Waals surface area contributed by atoms with Crippen molar-refractivity contribution in [3.05, 3.63) is 0 Å². The van der Waals surface area contributed by atoms with E-state index < -0.39 is 0 Å². The maximum absolute atomic E-state index is 10.8. The van der Waals surface area contributed by atoms with E-state index in [1.165, 1.54) is 0 Å².